The zero-order valence-electron chi connectivity index (χ0n) is 10.2. The van der Waals surface area contributed by atoms with Crippen molar-refractivity contribution >= 4 is 0 Å². The van der Waals surface area contributed by atoms with Crippen molar-refractivity contribution in [2.45, 2.75) is 52.1 Å². The highest BCUT2D eigenvalue weighted by Gasteiger charge is 2.22. The molecule has 2 unspecified atom stereocenters. The summed E-state index contributed by atoms with van der Waals surface area (Å²) in [5.41, 5.74) is 0. The van der Waals surface area contributed by atoms with E-state index in [0.29, 0.717) is 12.1 Å². The van der Waals surface area contributed by atoms with Gasteiger partial charge in [-0.3, -0.25) is 0 Å². The van der Waals surface area contributed by atoms with Crippen molar-refractivity contribution in [2.75, 3.05) is 20.1 Å². The summed E-state index contributed by atoms with van der Waals surface area (Å²) < 4.78 is 0. The van der Waals surface area contributed by atoms with Crippen LogP contribution in [0.15, 0.2) is 0 Å². The molecule has 1 fully saturated rings. The predicted molar refractivity (Wildman–Crippen MR) is 62.6 cm³/mol. The average molecular weight is 198 g/mol. The molecule has 1 N–H and O–H groups in total. The van der Waals surface area contributed by atoms with Crippen molar-refractivity contribution in [1.82, 2.24) is 10.2 Å². The van der Waals surface area contributed by atoms with E-state index >= 15 is 0 Å². The van der Waals surface area contributed by atoms with Gasteiger partial charge in [-0.25, -0.2) is 0 Å². The molecule has 1 aliphatic heterocycles. The molecule has 0 bridgehead atoms. The summed E-state index contributed by atoms with van der Waals surface area (Å²) in [6.45, 7) is 9.43. The van der Waals surface area contributed by atoms with Crippen molar-refractivity contribution in [1.29, 1.82) is 0 Å². The van der Waals surface area contributed by atoms with Crippen molar-refractivity contribution < 1.29 is 0 Å². The monoisotopic (exact) mass is 198 g/mol. The van der Waals surface area contributed by atoms with Gasteiger partial charge >= 0.3 is 0 Å². The minimum atomic E-state index is 0.671. The van der Waals surface area contributed by atoms with E-state index in [9.17, 15) is 0 Å². The number of rotatable bonds is 4. The van der Waals surface area contributed by atoms with Gasteiger partial charge in [0.1, 0.15) is 0 Å². The Bertz CT molecular complexity index is 150. The van der Waals surface area contributed by atoms with Gasteiger partial charge in [-0.15, -0.1) is 0 Å². The van der Waals surface area contributed by atoms with Gasteiger partial charge in [0, 0.05) is 12.1 Å². The Balaban J connectivity index is 2.26. The maximum Gasteiger partial charge on any atom is 0.00704 e. The number of piperidine rings is 1. The zero-order chi connectivity index (χ0) is 10.6. The highest BCUT2D eigenvalue weighted by molar-refractivity contribution is 4.79. The summed E-state index contributed by atoms with van der Waals surface area (Å²) in [5, 5.41) is 3.70. The minimum absolute atomic E-state index is 0.671. The van der Waals surface area contributed by atoms with E-state index in [1.54, 1.807) is 0 Å². The minimum Gasteiger partial charge on any atom is -0.312 e. The molecule has 1 rings (SSSR count). The largest absolute Gasteiger partial charge is 0.312 e. The van der Waals surface area contributed by atoms with Crippen LogP contribution in [0, 0.1) is 5.92 Å². The van der Waals surface area contributed by atoms with Gasteiger partial charge in [0.25, 0.3) is 0 Å². The van der Waals surface area contributed by atoms with E-state index in [-0.39, 0.29) is 0 Å². The summed E-state index contributed by atoms with van der Waals surface area (Å²) in [6, 6.07) is 1.36. The van der Waals surface area contributed by atoms with Crippen LogP contribution in [0.2, 0.25) is 0 Å². The second-order valence-corrected chi connectivity index (χ2v) is 4.91. The van der Waals surface area contributed by atoms with Crippen molar-refractivity contribution in [3.8, 4) is 0 Å². The van der Waals surface area contributed by atoms with Crippen LogP contribution >= 0.6 is 0 Å². The lowest BCUT2D eigenvalue weighted by Gasteiger charge is -2.34. The summed E-state index contributed by atoms with van der Waals surface area (Å²) in [5.74, 6) is 0.889. The van der Waals surface area contributed by atoms with Crippen molar-refractivity contribution in [2.24, 2.45) is 5.92 Å². The average Bonchev–Trinajstić information content (AvgIpc) is 2.18. The van der Waals surface area contributed by atoms with E-state index in [4.69, 9.17) is 0 Å². The normalized spacial score (nSPS) is 24.9. The van der Waals surface area contributed by atoms with Gasteiger partial charge < -0.3 is 10.2 Å². The summed E-state index contributed by atoms with van der Waals surface area (Å²) in [6.07, 6.45) is 3.96. The molecule has 0 spiro atoms. The first-order valence-electron chi connectivity index (χ1n) is 6.08. The molecule has 2 atom stereocenters. The van der Waals surface area contributed by atoms with Crippen LogP contribution in [0.25, 0.3) is 0 Å². The molecule has 0 aliphatic carbocycles. The Kier molecular flexibility index (Phi) is 4.90. The molecule has 0 amide bonds. The number of nitrogens with zero attached hydrogens (tertiary/aromatic N) is 1. The fourth-order valence-corrected chi connectivity index (χ4v) is 2.23. The highest BCUT2D eigenvalue weighted by Crippen LogP contribution is 2.19. The molecule has 2 heteroatoms. The third-order valence-electron chi connectivity index (χ3n) is 3.63. The molecule has 84 valence electrons. The molecular weight excluding hydrogens is 172 g/mol. The van der Waals surface area contributed by atoms with Crippen molar-refractivity contribution in [3.63, 3.8) is 0 Å². The third-order valence-corrected chi connectivity index (χ3v) is 3.63. The highest BCUT2D eigenvalue weighted by atomic mass is 15.1. The van der Waals surface area contributed by atoms with Crippen LogP contribution in [0.5, 0.6) is 0 Å². The maximum absolute atomic E-state index is 3.70. The Morgan fingerprint density at radius 1 is 1.29 bits per heavy atom. The van der Waals surface area contributed by atoms with E-state index in [1.807, 2.05) is 0 Å². The molecule has 0 aromatic carbocycles. The van der Waals surface area contributed by atoms with Gasteiger partial charge in [0.2, 0.25) is 0 Å². The summed E-state index contributed by atoms with van der Waals surface area (Å²) in [4.78, 5) is 2.44. The lowest BCUT2D eigenvalue weighted by atomic mass is 9.90. The van der Waals surface area contributed by atoms with E-state index in [1.165, 1.54) is 32.4 Å². The molecule has 14 heavy (non-hydrogen) atoms. The van der Waals surface area contributed by atoms with Gasteiger partial charge in [-0.05, 0) is 59.2 Å². The van der Waals surface area contributed by atoms with Crippen LogP contribution in [0.4, 0.5) is 0 Å². The lowest BCUT2D eigenvalue weighted by molar-refractivity contribution is 0.184. The Morgan fingerprint density at radius 2 is 1.86 bits per heavy atom. The van der Waals surface area contributed by atoms with Gasteiger partial charge in [0.15, 0.2) is 0 Å². The lowest BCUT2D eigenvalue weighted by Crippen LogP contribution is -2.43. The fraction of sp³-hybridized carbons (Fsp3) is 1.00. The summed E-state index contributed by atoms with van der Waals surface area (Å²) >= 11 is 0. The molecule has 0 aromatic rings. The number of likely N-dealkylation sites (tertiary alicyclic amines) is 1. The molecule has 1 heterocycles. The maximum atomic E-state index is 3.70. The first-order chi connectivity index (χ1) is 6.63. The molecular formula is C12H26N2. The molecule has 1 saturated heterocycles. The summed E-state index contributed by atoms with van der Waals surface area (Å²) in [7, 11) is 2.23. The molecule has 0 saturated carbocycles. The second-order valence-electron chi connectivity index (χ2n) is 4.91. The van der Waals surface area contributed by atoms with Gasteiger partial charge in [0.05, 0.1) is 0 Å². The number of hydrogen-bond donors (Lipinski definition) is 1. The Hall–Kier alpha value is -0.0800. The molecule has 1 aliphatic rings. The smallest absolute Gasteiger partial charge is 0.00704 e. The second kappa shape index (κ2) is 5.72. The quantitative estimate of drug-likeness (QED) is 0.744. The molecule has 2 nitrogen and oxygen atoms in total. The van der Waals surface area contributed by atoms with Crippen LogP contribution in [-0.4, -0.2) is 37.1 Å². The van der Waals surface area contributed by atoms with Crippen LogP contribution < -0.4 is 5.32 Å². The van der Waals surface area contributed by atoms with Gasteiger partial charge in [-0.1, -0.05) is 6.92 Å². The van der Waals surface area contributed by atoms with Crippen LogP contribution in [0.3, 0.4) is 0 Å². The van der Waals surface area contributed by atoms with Gasteiger partial charge in [-0.2, -0.15) is 0 Å². The molecule has 0 radical (unpaired) electrons. The third kappa shape index (κ3) is 3.58. The topological polar surface area (TPSA) is 15.3 Å². The Labute approximate surface area is 89.1 Å². The predicted octanol–water partition coefficient (Wildman–Crippen LogP) is 2.10. The first kappa shape index (κ1) is 12.0. The first-order valence-corrected chi connectivity index (χ1v) is 6.08. The number of nitrogens with one attached hydrogen (secondary N) is 1. The van der Waals surface area contributed by atoms with E-state index in [2.05, 4.69) is 38.0 Å². The fourth-order valence-electron chi connectivity index (χ4n) is 2.23. The number of hydrogen-bond acceptors (Lipinski definition) is 2. The van der Waals surface area contributed by atoms with Crippen LogP contribution in [-0.2, 0) is 0 Å². The van der Waals surface area contributed by atoms with Crippen molar-refractivity contribution in [3.05, 3.63) is 0 Å². The standard InChI is InChI=1S/C12H26N2/c1-5-10(2)13-11(3)12-6-8-14(4)9-7-12/h10-13H,5-9H2,1-4H3. The zero-order valence-corrected chi connectivity index (χ0v) is 10.2. The SMILES string of the molecule is CCC(C)NC(C)C1CCN(C)CC1. The van der Waals surface area contributed by atoms with E-state index < -0.39 is 0 Å². The van der Waals surface area contributed by atoms with Crippen LogP contribution in [0.1, 0.15) is 40.0 Å². The van der Waals surface area contributed by atoms with E-state index in [0.717, 1.165) is 5.92 Å². The Morgan fingerprint density at radius 3 is 2.36 bits per heavy atom. The molecule has 0 aromatic heterocycles.